The van der Waals surface area contributed by atoms with Crippen molar-refractivity contribution in [2.45, 2.75) is 85.1 Å². The van der Waals surface area contributed by atoms with E-state index in [1.54, 1.807) is 6.07 Å². The minimum Gasteiger partial charge on any atom is -0.377 e. The van der Waals surface area contributed by atoms with Gasteiger partial charge < -0.3 is 19.2 Å². The van der Waals surface area contributed by atoms with Crippen molar-refractivity contribution in [3.63, 3.8) is 0 Å². The molecule has 0 aromatic carbocycles. The van der Waals surface area contributed by atoms with Gasteiger partial charge in [0.05, 0.1) is 30.5 Å². The summed E-state index contributed by atoms with van der Waals surface area (Å²) in [5, 5.41) is 2.94. The van der Waals surface area contributed by atoms with E-state index in [2.05, 4.69) is 5.32 Å². The van der Waals surface area contributed by atoms with Crippen LogP contribution in [0.1, 0.15) is 74.5 Å². The Labute approximate surface area is 209 Å². The van der Waals surface area contributed by atoms with Gasteiger partial charge in [-0.3, -0.25) is 9.59 Å². The fraction of sp³-hybridized carbons (Fsp3) is 0.630. The predicted molar refractivity (Wildman–Crippen MR) is 132 cm³/mol. The number of pyridine rings is 1. The monoisotopic (exact) mass is 507 g/mol. The lowest BCUT2D eigenvalue weighted by molar-refractivity contribution is -0.139. The highest BCUT2D eigenvalue weighted by molar-refractivity contribution is 5.97. The molecule has 1 N–H and O–H groups in total. The smallest absolute Gasteiger partial charge is 0.377 e. The molecule has 0 bridgehead atoms. The van der Waals surface area contributed by atoms with E-state index >= 15 is 0 Å². The van der Waals surface area contributed by atoms with Crippen molar-refractivity contribution >= 4 is 5.91 Å². The highest BCUT2D eigenvalue weighted by Crippen LogP contribution is 2.34. The Morgan fingerprint density at radius 2 is 1.78 bits per heavy atom. The number of halogens is 3. The van der Waals surface area contributed by atoms with Gasteiger partial charge in [-0.15, -0.1) is 0 Å². The first-order valence-corrected chi connectivity index (χ1v) is 12.7. The molecule has 1 saturated heterocycles. The van der Waals surface area contributed by atoms with E-state index in [1.165, 1.54) is 12.6 Å². The van der Waals surface area contributed by atoms with E-state index < -0.39 is 22.7 Å². The molecule has 36 heavy (non-hydrogen) atoms. The molecule has 0 unspecified atom stereocenters. The molecule has 1 amide bonds. The Hall–Kier alpha value is -2.55. The minimum atomic E-state index is -4.78. The second-order valence-corrected chi connectivity index (χ2v) is 11.5. The highest BCUT2D eigenvalue weighted by Gasteiger charge is 2.36. The van der Waals surface area contributed by atoms with Crippen molar-refractivity contribution in [1.29, 1.82) is 0 Å². The molecule has 2 aliphatic rings. The van der Waals surface area contributed by atoms with Crippen LogP contribution >= 0.6 is 0 Å². The van der Waals surface area contributed by atoms with Gasteiger partial charge in [0.15, 0.2) is 0 Å². The summed E-state index contributed by atoms with van der Waals surface area (Å²) in [4.78, 5) is 25.9. The van der Waals surface area contributed by atoms with Gasteiger partial charge in [0.25, 0.3) is 11.5 Å². The first kappa shape index (κ1) is 26.5. The van der Waals surface area contributed by atoms with Crippen molar-refractivity contribution in [3.05, 3.63) is 45.5 Å². The second kappa shape index (κ2) is 10.1. The van der Waals surface area contributed by atoms with E-state index in [1.807, 2.05) is 32.3 Å². The second-order valence-electron chi connectivity index (χ2n) is 11.5. The van der Waals surface area contributed by atoms with Gasteiger partial charge in [0.2, 0.25) is 0 Å². The van der Waals surface area contributed by atoms with E-state index in [4.69, 9.17) is 4.74 Å². The van der Waals surface area contributed by atoms with E-state index in [0.717, 1.165) is 42.0 Å². The minimum absolute atomic E-state index is 0.0624. The summed E-state index contributed by atoms with van der Waals surface area (Å²) < 4.78 is 50.1. The van der Waals surface area contributed by atoms with Gasteiger partial charge in [0, 0.05) is 30.5 Å². The lowest BCUT2D eigenvalue weighted by atomic mass is 9.89. The lowest BCUT2D eigenvalue weighted by Crippen LogP contribution is -2.48. The van der Waals surface area contributed by atoms with Crippen LogP contribution in [-0.2, 0) is 24.0 Å². The zero-order chi connectivity index (χ0) is 26.3. The summed E-state index contributed by atoms with van der Waals surface area (Å²) in [6.45, 7) is 9.14. The summed E-state index contributed by atoms with van der Waals surface area (Å²) in [6, 6.07) is 2.55. The average molecular weight is 508 g/mol. The van der Waals surface area contributed by atoms with Crippen LogP contribution in [0.3, 0.4) is 0 Å². The number of ether oxygens (including phenoxy) is 1. The number of aromatic nitrogens is 2. The van der Waals surface area contributed by atoms with Crippen molar-refractivity contribution < 1.29 is 22.7 Å². The van der Waals surface area contributed by atoms with E-state index in [0.29, 0.717) is 36.9 Å². The fourth-order valence-electron chi connectivity index (χ4n) is 5.17. The van der Waals surface area contributed by atoms with Crippen LogP contribution in [0.15, 0.2) is 23.1 Å². The Morgan fingerprint density at radius 3 is 2.33 bits per heavy atom. The zero-order valence-electron chi connectivity index (χ0n) is 21.5. The molecule has 1 aliphatic carbocycles. The molecule has 3 heterocycles. The third kappa shape index (κ3) is 5.88. The summed E-state index contributed by atoms with van der Waals surface area (Å²) in [5.74, 6) is 0.130. The van der Waals surface area contributed by atoms with E-state index in [9.17, 15) is 22.8 Å². The molecule has 4 rings (SSSR count). The number of carbonyl (C=O) groups is 1. The molecule has 9 heteroatoms. The summed E-state index contributed by atoms with van der Waals surface area (Å²) in [6.07, 6.45) is 2.28. The largest absolute Gasteiger partial charge is 0.421 e. The van der Waals surface area contributed by atoms with Crippen LogP contribution in [0.2, 0.25) is 0 Å². The maximum atomic E-state index is 13.9. The molecule has 6 nitrogen and oxygen atoms in total. The normalized spacial score (nSPS) is 17.8. The number of hydrogen-bond acceptors (Lipinski definition) is 3. The van der Waals surface area contributed by atoms with Gasteiger partial charge in [-0.05, 0) is 43.2 Å². The Bertz CT molecular complexity index is 1160. The number of carbonyl (C=O) groups excluding carboxylic acids is 1. The molecule has 2 fully saturated rings. The lowest BCUT2D eigenvalue weighted by Gasteiger charge is -2.27. The van der Waals surface area contributed by atoms with Crippen LogP contribution in [0.4, 0.5) is 13.2 Å². The molecular weight excluding hydrogens is 471 g/mol. The first-order valence-electron chi connectivity index (χ1n) is 12.7. The molecule has 2 aromatic rings. The Balaban J connectivity index is 1.84. The van der Waals surface area contributed by atoms with Crippen LogP contribution in [0, 0.1) is 18.3 Å². The molecule has 0 atom stereocenters. The van der Waals surface area contributed by atoms with Crippen molar-refractivity contribution in [1.82, 2.24) is 14.5 Å². The van der Waals surface area contributed by atoms with Gasteiger partial charge in [0.1, 0.15) is 5.56 Å². The standard InChI is InChI=1S/C27H36F3N3O3/c1-17-21(24(34)31-20-14-36-15-20)11-23(33(17)12-18-8-6-5-7-9-18)19-10-22(27(28,29)30)25(35)32(13-19)16-26(2,3)4/h10-11,13,18,20H,5-9,12,14-16H2,1-4H3,(H,31,34). The molecule has 1 saturated carbocycles. The molecule has 2 aromatic heterocycles. The van der Waals surface area contributed by atoms with Gasteiger partial charge in [-0.1, -0.05) is 40.0 Å². The third-order valence-corrected chi connectivity index (χ3v) is 7.08. The van der Waals surface area contributed by atoms with Gasteiger partial charge in [-0.2, -0.15) is 13.2 Å². The van der Waals surface area contributed by atoms with Crippen molar-refractivity contribution in [3.8, 4) is 11.3 Å². The van der Waals surface area contributed by atoms with Crippen LogP contribution in [0.5, 0.6) is 0 Å². The molecule has 0 spiro atoms. The summed E-state index contributed by atoms with van der Waals surface area (Å²) >= 11 is 0. The van der Waals surface area contributed by atoms with Gasteiger partial charge in [-0.25, -0.2) is 0 Å². The predicted octanol–water partition coefficient (Wildman–Crippen LogP) is 5.40. The van der Waals surface area contributed by atoms with Gasteiger partial charge >= 0.3 is 6.18 Å². The summed E-state index contributed by atoms with van der Waals surface area (Å²) in [7, 11) is 0. The fourth-order valence-corrected chi connectivity index (χ4v) is 5.17. The number of rotatable bonds is 6. The highest BCUT2D eigenvalue weighted by atomic mass is 19.4. The van der Waals surface area contributed by atoms with Crippen LogP contribution < -0.4 is 10.9 Å². The van der Waals surface area contributed by atoms with E-state index in [-0.39, 0.29) is 24.1 Å². The Morgan fingerprint density at radius 1 is 1.11 bits per heavy atom. The average Bonchev–Trinajstić information content (AvgIpc) is 3.07. The molecular formula is C27H36F3N3O3. The van der Waals surface area contributed by atoms with Crippen LogP contribution in [0.25, 0.3) is 11.3 Å². The van der Waals surface area contributed by atoms with Crippen molar-refractivity contribution in [2.75, 3.05) is 13.2 Å². The number of alkyl halides is 3. The maximum Gasteiger partial charge on any atom is 0.421 e. The zero-order valence-corrected chi connectivity index (χ0v) is 21.5. The Kier molecular flexibility index (Phi) is 7.42. The SMILES string of the molecule is Cc1c(C(=O)NC2COC2)cc(-c2cc(C(F)(F)F)c(=O)n(CC(C)(C)C)c2)n1CC1CCCCC1. The number of nitrogens with one attached hydrogen (secondary N) is 1. The first-order chi connectivity index (χ1) is 16.8. The number of amides is 1. The summed E-state index contributed by atoms with van der Waals surface area (Å²) in [5.41, 5.74) is -0.667. The number of hydrogen-bond donors (Lipinski definition) is 1. The topological polar surface area (TPSA) is 65.3 Å². The number of nitrogens with zero attached hydrogens (tertiary/aromatic N) is 2. The quantitative estimate of drug-likeness (QED) is 0.570. The molecule has 0 radical (unpaired) electrons. The third-order valence-electron chi connectivity index (χ3n) is 7.08. The van der Waals surface area contributed by atoms with Crippen molar-refractivity contribution in [2.24, 2.45) is 11.3 Å². The molecule has 1 aliphatic heterocycles. The van der Waals surface area contributed by atoms with Crippen LogP contribution in [-0.4, -0.2) is 34.3 Å². The maximum absolute atomic E-state index is 13.9. The molecule has 198 valence electrons.